The molecule has 1 aliphatic heterocycles. The largest absolute Gasteiger partial charge is 0.491 e. The number of carbonyl (C=O) groups is 4. The molecule has 188 valence electrons. The number of hydrogen-bond acceptors (Lipinski definition) is 6. The normalized spacial score (nSPS) is 28.0. The standard InChI is InChI=1S/C28H28BrNO6/c1-28(2,3)30-26(34)17-9-8-16-18(23(17)27(30)35)12-19-24(21(32)13-20(29)25(19)33)22(16)14-4-6-15(7-5-14)36-11-10-31/h4-8,13,17-18,22-23,31H,9-12H2,1-3H3. The van der Waals surface area contributed by atoms with Gasteiger partial charge in [0, 0.05) is 28.7 Å². The molecular formula is C28H28BrNO6. The molecule has 0 saturated carbocycles. The van der Waals surface area contributed by atoms with Gasteiger partial charge >= 0.3 is 0 Å². The number of fused-ring (bicyclic) bond motifs is 3. The fourth-order valence-corrected chi connectivity index (χ4v) is 6.61. The van der Waals surface area contributed by atoms with Crippen molar-refractivity contribution in [1.82, 2.24) is 4.90 Å². The molecule has 0 radical (unpaired) electrons. The van der Waals surface area contributed by atoms with Crippen molar-refractivity contribution in [2.75, 3.05) is 13.2 Å². The van der Waals surface area contributed by atoms with Crippen molar-refractivity contribution in [3.63, 3.8) is 0 Å². The van der Waals surface area contributed by atoms with Crippen molar-refractivity contribution in [3.05, 3.63) is 63.2 Å². The van der Waals surface area contributed by atoms with Crippen LogP contribution in [0.15, 0.2) is 57.6 Å². The van der Waals surface area contributed by atoms with Crippen LogP contribution in [-0.2, 0) is 19.2 Å². The molecular weight excluding hydrogens is 526 g/mol. The van der Waals surface area contributed by atoms with Crippen LogP contribution < -0.4 is 4.74 Å². The Morgan fingerprint density at radius 2 is 1.75 bits per heavy atom. The zero-order valence-electron chi connectivity index (χ0n) is 20.4. The number of hydrogen-bond donors (Lipinski definition) is 1. The third-order valence-corrected chi connectivity index (χ3v) is 8.16. The molecule has 1 aromatic carbocycles. The van der Waals surface area contributed by atoms with Gasteiger partial charge in [0.1, 0.15) is 12.4 Å². The quantitative estimate of drug-likeness (QED) is 0.347. The lowest BCUT2D eigenvalue weighted by molar-refractivity contribution is -0.145. The van der Waals surface area contributed by atoms with Crippen molar-refractivity contribution >= 4 is 39.3 Å². The van der Waals surface area contributed by atoms with E-state index in [1.54, 1.807) is 12.1 Å². The molecule has 4 unspecified atom stereocenters. The zero-order chi connectivity index (χ0) is 25.9. The van der Waals surface area contributed by atoms with E-state index in [4.69, 9.17) is 9.84 Å². The van der Waals surface area contributed by atoms with E-state index in [1.165, 1.54) is 11.0 Å². The van der Waals surface area contributed by atoms with Crippen LogP contribution in [0.4, 0.5) is 0 Å². The van der Waals surface area contributed by atoms with E-state index in [-0.39, 0.29) is 53.4 Å². The van der Waals surface area contributed by atoms with Gasteiger partial charge in [-0.15, -0.1) is 0 Å². The number of rotatable bonds is 4. The summed E-state index contributed by atoms with van der Waals surface area (Å²) in [5, 5.41) is 9.03. The van der Waals surface area contributed by atoms with Gasteiger partial charge in [-0.25, -0.2) is 0 Å². The zero-order valence-corrected chi connectivity index (χ0v) is 22.0. The van der Waals surface area contributed by atoms with Crippen LogP contribution in [0.5, 0.6) is 5.75 Å². The molecule has 36 heavy (non-hydrogen) atoms. The van der Waals surface area contributed by atoms with Gasteiger partial charge in [-0.05, 0) is 73.2 Å². The van der Waals surface area contributed by atoms with Gasteiger partial charge in [0.25, 0.3) is 0 Å². The van der Waals surface area contributed by atoms with Crippen molar-refractivity contribution in [2.24, 2.45) is 17.8 Å². The van der Waals surface area contributed by atoms with Gasteiger partial charge in [-0.2, -0.15) is 0 Å². The number of allylic oxidation sites excluding steroid dienone is 6. The summed E-state index contributed by atoms with van der Waals surface area (Å²) in [6.07, 6.45) is 4.01. The summed E-state index contributed by atoms with van der Waals surface area (Å²) < 4.78 is 5.70. The van der Waals surface area contributed by atoms with Crippen LogP contribution in [0.3, 0.4) is 0 Å². The maximum absolute atomic E-state index is 13.7. The number of imide groups is 1. The summed E-state index contributed by atoms with van der Waals surface area (Å²) in [6, 6.07) is 7.25. The third kappa shape index (κ3) is 3.82. The van der Waals surface area contributed by atoms with Gasteiger partial charge in [0.2, 0.25) is 11.8 Å². The van der Waals surface area contributed by atoms with E-state index in [9.17, 15) is 19.2 Å². The second-order valence-electron chi connectivity index (χ2n) is 10.7. The molecule has 8 heteroatoms. The Hall–Kier alpha value is -2.84. The predicted octanol–water partition coefficient (Wildman–Crippen LogP) is 3.62. The minimum atomic E-state index is -0.642. The molecule has 1 heterocycles. The highest BCUT2D eigenvalue weighted by molar-refractivity contribution is 9.12. The first-order valence-electron chi connectivity index (χ1n) is 12.1. The first-order valence-corrected chi connectivity index (χ1v) is 12.9. The number of ether oxygens (including phenoxy) is 1. The predicted molar refractivity (Wildman–Crippen MR) is 135 cm³/mol. The summed E-state index contributed by atoms with van der Waals surface area (Å²) in [5.41, 5.74) is 1.94. The number of ketones is 2. The van der Waals surface area contributed by atoms with E-state index >= 15 is 0 Å². The van der Waals surface area contributed by atoms with Crippen molar-refractivity contribution in [2.45, 2.75) is 45.1 Å². The van der Waals surface area contributed by atoms with Crippen molar-refractivity contribution in [3.8, 4) is 5.75 Å². The fraction of sp³-hybridized carbons (Fsp3) is 0.429. The van der Waals surface area contributed by atoms with Crippen LogP contribution >= 0.6 is 15.9 Å². The maximum atomic E-state index is 13.7. The van der Waals surface area contributed by atoms with E-state index in [0.717, 1.165) is 11.1 Å². The molecule has 3 aliphatic carbocycles. The Morgan fingerprint density at radius 1 is 1.06 bits per heavy atom. The van der Waals surface area contributed by atoms with Crippen LogP contribution in [0, 0.1) is 17.8 Å². The minimum Gasteiger partial charge on any atom is -0.491 e. The highest BCUT2D eigenvalue weighted by atomic mass is 79.9. The van der Waals surface area contributed by atoms with Crippen molar-refractivity contribution in [1.29, 1.82) is 0 Å². The monoisotopic (exact) mass is 553 g/mol. The summed E-state index contributed by atoms with van der Waals surface area (Å²) in [7, 11) is 0. The van der Waals surface area contributed by atoms with Gasteiger partial charge in [0.05, 0.1) is 22.9 Å². The lowest BCUT2D eigenvalue weighted by Gasteiger charge is -2.42. The molecule has 1 aromatic rings. The molecule has 1 N–H and O–H groups in total. The van der Waals surface area contributed by atoms with E-state index < -0.39 is 23.3 Å². The highest BCUT2D eigenvalue weighted by Gasteiger charge is 2.58. The third-order valence-electron chi connectivity index (χ3n) is 7.58. The molecule has 1 saturated heterocycles. The molecule has 7 nitrogen and oxygen atoms in total. The van der Waals surface area contributed by atoms with Gasteiger partial charge in [0.15, 0.2) is 11.6 Å². The number of benzene rings is 1. The maximum Gasteiger partial charge on any atom is 0.234 e. The van der Waals surface area contributed by atoms with E-state index in [1.807, 2.05) is 39.0 Å². The molecule has 1 fully saturated rings. The van der Waals surface area contributed by atoms with Crippen LogP contribution in [-0.4, -0.2) is 52.1 Å². The number of aliphatic hydroxyl groups is 1. The van der Waals surface area contributed by atoms with Crippen LogP contribution in [0.2, 0.25) is 0 Å². The smallest absolute Gasteiger partial charge is 0.234 e. The Bertz CT molecular complexity index is 1270. The first kappa shape index (κ1) is 24.8. The van der Waals surface area contributed by atoms with Gasteiger partial charge < -0.3 is 9.84 Å². The second-order valence-corrected chi connectivity index (χ2v) is 11.6. The SMILES string of the molecule is CC(C)(C)N1C(=O)C2CC=C3C(c4ccc(OCCO)cc4)C4=C(CC3C2C1=O)C(=O)C(Br)=CC4=O. The average molecular weight is 554 g/mol. The number of halogens is 1. The summed E-state index contributed by atoms with van der Waals surface area (Å²) in [6.45, 7) is 5.62. The summed E-state index contributed by atoms with van der Waals surface area (Å²) >= 11 is 3.24. The Balaban J connectivity index is 1.62. The van der Waals surface area contributed by atoms with Gasteiger partial charge in [-0.3, -0.25) is 24.1 Å². The molecule has 0 bridgehead atoms. The summed E-state index contributed by atoms with van der Waals surface area (Å²) in [5.74, 6) is -2.13. The summed E-state index contributed by atoms with van der Waals surface area (Å²) in [4.78, 5) is 54.8. The van der Waals surface area contributed by atoms with Gasteiger partial charge in [-0.1, -0.05) is 23.8 Å². The topological polar surface area (TPSA) is 101 Å². The van der Waals surface area contributed by atoms with E-state index in [0.29, 0.717) is 23.3 Å². The number of Topliss-reactive ketones (excluding diaryl/α,β-unsaturated/α-hetero) is 1. The lowest BCUT2D eigenvalue weighted by Crippen LogP contribution is -2.46. The Morgan fingerprint density at radius 3 is 2.39 bits per heavy atom. The number of amides is 2. The Kier molecular flexibility index (Phi) is 6.16. The highest BCUT2D eigenvalue weighted by Crippen LogP contribution is 2.55. The second kappa shape index (κ2) is 8.92. The molecule has 2 amide bonds. The number of aliphatic hydroxyl groups excluding tert-OH is 1. The fourth-order valence-electron chi connectivity index (χ4n) is 6.17. The number of carbonyl (C=O) groups excluding carboxylic acids is 4. The first-order chi connectivity index (χ1) is 17.0. The molecule has 4 aliphatic rings. The minimum absolute atomic E-state index is 0.103. The molecule has 5 rings (SSSR count). The molecule has 0 spiro atoms. The number of nitrogens with zero attached hydrogens (tertiary/aromatic N) is 1. The molecule has 0 aromatic heterocycles. The lowest BCUT2D eigenvalue weighted by atomic mass is 9.59. The van der Waals surface area contributed by atoms with Crippen LogP contribution in [0.1, 0.15) is 45.1 Å². The Labute approximate surface area is 218 Å². The van der Waals surface area contributed by atoms with E-state index in [2.05, 4.69) is 15.9 Å². The number of likely N-dealkylation sites (tertiary alicyclic amines) is 1. The molecule has 4 atom stereocenters. The average Bonchev–Trinajstić information content (AvgIpc) is 3.10. The van der Waals surface area contributed by atoms with Crippen LogP contribution in [0.25, 0.3) is 0 Å². The van der Waals surface area contributed by atoms with Crippen molar-refractivity contribution < 1.29 is 29.0 Å².